The van der Waals surface area contributed by atoms with Gasteiger partial charge in [0.25, 0.3) is 0 Å². The lowest BCUT2D eigenvalue weighted by atomic mass is 10.2. The molecular weight excluding hydrogens is 270 g/mol. The second kappa shape index (κ2) is 4.31. The smallest absolute Gasteiger partial charge is 0.231 e. The van der Waals surface area contributed by atoms with E-state index >= 15 is 0 Å². The van der Waals surface area contributed by atoms with E-state index in [0.717, 1.165) is 28.2 Å². The molecule has 0 atom stereocenters. The first-order chi connectivity index (χ1) is 10.3. The van der Waals surface area contributed by atoms with E-state index in [1.807, 2.05) is 41.0 Å². The fraction of sp³-hybridized carbons (Fsp3) is 0.133. The zero-order valence-electron chi connectivity index (χ0n) is 11.4. The van der Waals surface area contributed by atoms with Crippen LogP contribution in [0.25, 0.3) is 16.7 Å². The molecule has 6 heteroatoms. The molecule has 0 fully saturated rings. The Bertz CT molecular complexity index is 842. The Morgan fingerprint density at radius 1 is 1.14 bits per heavy atom. The average Bonchev–Trinajstić information content (AvgIpc) is 3.08. The summed E-state index contributed by atoms with van der Waals surface area (Å²) < 4.78 is 17.8. The summed E-state index contributed by atoms with van der Waals surface area (Å²) in [5, 5.41) is 0. The Morgan fingerprint density at radius 2 is 2.00 bits per heavy atom. The highest BCUT2D eigenvalue weighted by Gasteiger charge is 2.16. The minimum Gasteiger partial charge on any atom is -0.497 e. The Hall–Kier alpha value is -2.89. The molecule has 3 aromatic rings. The third-order valence-corrected chi connectivity index (χ3v) is 3.50. The number of benzene rings is 2. The number of hydrogen-bond acceptors (Lipinski definition) is 5. The lowest BCUT2D eigenvalue weighted by Crippen LogP contribution is -2.00. The monoisotopic (exact) mass is 283 g/mol. The first-order valence-corrected chi connectivity index (χ1v) is 6.48. The molecule has 0 radical (unpaired) electrons. The normalized spacial score (nSPS) is 12.8. The molecule has 0 bridgehead atoms. The van der Waals surface area contributed by atoms with Gasteiger partial charge < -0.3 is 19.9 Å². The number of ether oxygens (including phenoxy) is 3. The van der Waals surface area contributed by atoms with E-state index in [0.29, 0.717) is 11.7 Å². The topological polar surface area (TPSA) is 71.5 Å². The highest BCUT2D eigenvalue weighted by Crippen LogP contribution is 2.35. The van der Waals surface area contributed by atoms with E-state index in [-0.39, 0.29) is 6.79 Å². The van der Waals surface area contributed by atoms with Gasteiger partial charge in [-0.3, -0.25) is 4.57 Å². The van der Waals surface area contributed by atoms with Crippen molar-refractivity contribution in [3.05, 3.63) is 36.4 Å². The largest absolute Gasteiger partial charge is 0.497 e. The van der Waals surface area contributed by atoms with Crippen molar-refractivity contribution >= 4 is 17.0 Å². The molecule has 1 aliphatic heterocycles. The van der Waals surface area contributed by atoms with Gasteiger partial charge in [0.1, 0.15) is 5.75 Å². The van der Waals surface area contributed by atoms with Crippen LogP contribution < -0.4 is 19.9 Å². The van der Waals surface area contributed by atoms with E-state index < -0.39 is 0 Å². The highest BCUT2D eigenvalue weighted by atomic mass is 16.7. The van der Waals surface area contributed by atoms with E-state index in [1.165, 1.54) is 0 Å². The summed E-state index contributed by atoms with van der Waals surface area (Å²) in [6, 6.07) is 11.4. The molecule has 4 rings (SSSR count). The summed E-state index contributed by atoms with van der Waals surface area (Å²) >= 11 is 0. The second-order valence-corrected chi connectivity index (χ2v) is 4.70. The summed E-state index contributed by atoms with van der Waals surface area (Å²) in [6.07, 6.45) is 0. The van der Waals surface area contributed by atoms with Crippen molar-refractivity contribution < 1.29 is 14.2 Å². The molecule has 21 heavy (non-hydrogen) atoms. The lowest BCUT2D eigenvalue weighted by molar-refractivity contribution is 0.174. The van der Waals surface area contributed by atoms with Gasteiger partial charge in [-0.05, 0) is 24.3 Å². The number of nitrogens with two attached hydrogens (primary N) is 1. The van der Waals surface area contributed by atoms with Crippen molar-refractivity contribution in [1.29, 1.82) is 0 Å². The summed E-state index contributed by atoms with van der Waals surface area (Å²) in [5.41, 5.74) is 8.63. The number of aromatic nitrogens is 2. The molecular formula is C15H13N3O3. The van der Waals surface area contributed by atoms with Gasteiger partial charge in [0.15, 0.2) is 11.5 Å². The van der Waals surface area contributed by atoms with Crippen molar-refractivity contribution in [3.63, 3.8) is 0 Å². The van der Waals surface area contributed by atoms with Crippen LogP contribution in [0, 0.1) is 0 Å². The van der Waals surface area contributed by atoms with Gasteiger partial charge in [0.2, 0.25) is 12.7 Å². The zero-order valence-corrected chi connectivity index (χ0v) is 11.4. The van der Waals surface area contributed by atoms with Gasteiger partial charge in [-0.15, -0.1) is 0 Å². The van der Waals surface area contributed by atoms with Gasteiger partial charge in [0, 0.05) is 12.1 Å². The first kappa shape index (κ1) is 11.9. The molecule has 1 aliphatic rings. The van der Waals surface area contributed by atoms with Crippen LogP contribution in [0.5, 0.6) is 17.2 Å². The molecule has 0 saturated heterocycles. The predicted octanol–water partition coefficient (Wildman–Crippen LogP) is 2.34. The molecule has 2 heterocycles. The summed E-state index contributed by atoms with van der Waals surface area (Å²) in [7, 11) is 1.62. The van der Waals surface area contributed by atoms with Crippen molar-refractivity contribution in [2.45, 2.75) is 0 Å². The van der Waals surface area contributed by atoms with Crippen LogP contribution in [0.1, 0.15) is 0 Å². The minimum atomic E-state index is 0.246. The minimum absolute atomic E-state index is 0.246. The van der Waals surface area contributed by atoms with Crippen LogP contribution in [0.3, 0.4) is 0 Å². The maximum Gasteiger partial charge on any atom is 0.231 e. The molecule has 0 saturated carbocycles. The van der Waals surface area contributed by atoms with Crippen LogP contribution in [-0.2, 0) is 0 Å². The number of anilines is 1. The van der Waals surface area contributed by atoms with Crippen molar-refractivity contribution in [2.24, 2.45) is 0 Å². The molecule has 106 valence electrons. The quantitative estimate of drug-likeness (QED) is 0.781. The maximum atomic E-state index is 6.06. The molecule has 0 spiro atoms. The first-order valence-electron chi connectivity index (χ1n) is 6.48. The van der Waals surface area contributed by atoms with Crippen molar-refractivity contribution in [1.82, 2.24) is 9.55 Å². The molecule has 0 amide bonds. The molecule has 2 aromatic carbocycles. The van der Waals surface area contributed by atoms with Gasteiger partial charge in [-0.25, -0.2) is 4.98 Å². The van der Waals surface area contributed by atoms with Gasteiger partial charge in [0.05, 0.1) is 23.8 Å². The Morgan fingerprint density at radius 3 is 2.86 bits per heavy atom. The van der Waals surface area contributed by atoms with E-state index in [1.54, 1.807) is 7.11 Å². The zero-order chi connectivity index (χ0) is 14.4. The number of methoxy groups -OCH3 is 1. The summed E-state index contributed by atoms with van der Waals surface area (Å²) in [6.45, 7) is 0.246. The van der Waals surface area contributed by atoms with Crippen LogP contribution in [-0.4, -0.2) is 23.5 Å². The van der Waals surface area contributed by atoms with Crippen molar-refractivity contribution in [3.8, 4) is 22.9 Å². The second-order valence-electron chi connectivity index (χ2n) is 4.70. The number of fused-ring (bicyclic) bond motifs is 2. The number of imidazole rings is 1. The standard InChI is InChI=1S/C15H13N3O3/c1-19-10-3-4-12-11(7-10)17-15(16)18(12)9-2-5-13-14(6-9)21-8-20-13/h2-7H,8H2,1H3,(H2,16,17). The van der Waals surface area contributed by atoms with Crippen LogP contribution >= 0.6 is 0 Å². The average molecular weight is 283 g/mol. The Labute approximate surface area is 120 Å². The lowest BCUT2D eigenvalue weighted by Gasteiger charge is -2.07. The number of nitrogen functional groups attached to an aromatic ring is 1. The van der Waals surface area contributed by atoms with Crippen LogP contribution in [0.4, 0.5) is 5.95 Å². The van der Waals surface area contributed by atoms with Crippen LogP contribution in [0.15, 0.2) is 36.4 Å². The third kappa shape index (κ3) is 1.76. The SMILES string of the molecule is COc1ccc2c(c1)nc(N)n2-c1ccc2c(c1)OCO2. The van der Waals surface area contributed by atoms with Gasteiger partial charge in [-0.1, -0.05) is 0 Å². The molecule has 6 nitrogen and oxygen atoms in total. The Kier molecular flexibility index (Phi) is 2.44. The molecule has 0 unspecified atom stereocenters. The number of rotatable bonds is 2. The number of nitrogens with zero attached hydrogens (tertiary/aromatic N) is 2. The van der Waals surface area contributed by atoms with E-state index in [9.17, 15) is 0 Å². The fourth-order valence-electron chi connectivity index (χ4n) is 2.50. The third-order valence-electron chi connectivity index (χ3n) is 3.50. The molecule has 1 aromatic heterocycles. The summed E-state index contributed by atoms with van der Waals surface area (Å²) in [4.78, 5) is 4.38. The number of hydrogen-bond donors (Lipinski definition) is 1. The van der Waals surface area contributed by atoms with Gasteiger partial charge in [-0.2, -0.15) is 0 Å². The maximum absolute atomic E-state index is 6.06. The molecule has 0 aliphatic carbocycles. The van der Waals surface area contributed by atoms with Crippen LogP contribution in [0.2, 0.25) is 0 Å². The molecule has 2 N–H and O–H groups in total. The summed E-state index contributed by atoms with van der Waals surface area (Å²) in [5.74, 6) is 2.61. The van der Waals surface area contributed by atoms with E-state index in [4.69, 9.17) is 19.9 Å². The van der Waals surface area contributed by atoms with Gasteiger partial charge >= 0.3 is 0 Å². The highest BCUT2D eigenvalue weighted by molar-refractivity contribution is 5.82. The van der Waals surface area contributed by atoms with Crippen molar-refractivity contribution in [2.75, 3.05) is 19.6 Å². The Balaban J connectivity index is 1.91. The van der Waals surface area contributed by atoms with E-state index in [2.05, 4.69) is 4.98 Å². The predicted molar refractivity (Wildman–Crippen MR) is 78.2 cm³/mol. The fourth-order valence-corrected chi connectivity index (χ4v) is 2.50.